The largest absolute Gasteiger partial charge is 0.355 e. The minimum Gasteiger partial charge on any atom is -0.355 e. The fourth-order valence-corrected chi connectivity index (χ4v) is 3.53. The van der Waals surface area contributed by atoms with Crippen molar-refractivity contribution in [2.75, 3.05) is 18.0 Å². The van der Waals surface area contributed by atoms with Gasteiger partial charge in [0.05, 0.1) is 6.42 Å². The molecule has 3 rings (SSSR count). The van der Waals surface area contributed by atoms with Crippen LogP contribution in [0.4, 0.5) is 5.69 Å². The summed E-state index contributed by atoms with van der Waals surface area (Å²) in [6.45, 7) is 1.28. The maximum Gasteiger partial charge on any atom is 0.227 e. The number of hydrogen-bond acceptors (Lipinski definition) is 2. The van der Waals surface area contributed by atoms with Crippen LogP contribution in [0.2, 0.25) is 10.0 Å². The van der Waals surface area contributed by atoms with Crippen molar-refractivity contribution in [3.8, 4) is 0 Å². The lowest BCUT2D eigenvalue weighted by molar-refractivity contribution is -0.120. The van der Waals surface area contributed by atoms with Gasteiger partial charge in [0.15, 0.2) is 0 Å². The summed E-state index contributed by atoms with van der Waals surface area (Å²) in [6.07, 6.45) is 2.47. The molecule has 1 fully saturated rings. The Morgan fingerprint density at radius 2 is 1.88 bits per heavy atom. The summed E-state index contributed by atoms with van der Waals surface area (Å²) in [6, 6.07) is 13.0. The molecular formula is C20H20Cl2N2O2. The zero-order chi connectivity index (χ0) is 18.5. The molecule has 136 valence electrons. The van der Waals surface area contributed by atoms with Crippen molar-refractivity contribution in [1.29, 1.82) is 0 Å². The first kappa shape index (κ1) is 18.7. The molecule has 1 heterocycles. The first-order valence-electron chi connectivity index (χ1n) is 8.63. The van der Waals surface area contributed by atoms with Crippen LogP contribution in [-0.2, 0) is 22.4 Å². The summed E-state index contributed by atoms with van der Waals surface area (Å²) in [5, 5.41) is 4.11. The average Bonchev–Trinajstić information content (AvgIpc) is 3.03. The first-order valence-corrected chi connectivity index (χ1v) is 9.38. The van der Waals surface area contributed by atoms with E-state index in [9.17, 15) is 9.59 Å². The molecular weight excluding hydrogens is 371 g/mol. The van der Waals surface area contributed by atoms with Crippen molar-refractivity contribution in [3.05, 3.63) is 63.6 Å². The van der Waals surface area contributed by atoms with E-state index < -0.39 is 0 Å². The number of nitrogens with one attached hydrogen (secondary N) is 1. The molecule has 2 aromatic carbocycles. The Labute approximate surface area is 163 Å². The van der Waals surface area contributed by atoms with Gasteiger partial charge in [-0.05, 0) is 48.2 Å². The highest BCUT2D eigenvalue weighted by Crippen LogP contribution is 2.22. The summed E-state index contributed by atoms with van der Waals surface area (Å²) >= 11 is 12.0. The monoisotopic (exact) mass is 390 g/mol. The number of amides is 2. The summed E-state index contributed by atoms with van der Waals surface area (Å²) in [5.41, 5.74) is 2.77. The lowest BCUT2D eigenvalue weighted by Gasteiger charge is -2.15. The molecule has 2 amide bonds. The first-order chi connectivity index (χ1) is 12.5. The SMILES string of the molecule is O=C(Cc1ccc(N2CCCC2=O)cc1)NCCc1ccc(Cl)cc1Cl. The van der Waals surface area contributed by atoms with Crippen molar-refractivity contribution in [2.24, 2.45) is 0 Å². The molecule has 0 radical (unpaired) electrons. The maximum absolute atomic E-state index is 12.1. The molecule has 0 unspecified atom stereocenters. The molecule has 1 aliphatic heterocycles. The third-order valence-electron chi connectivity index (χ3n) is 4.42. The third-order valence-corrected chi connectivity index (χ3v) is 5.00. The Hall–Kier alpha value is -2.04. The standard InChI is InChI=1S/C20H20Cl2N2O2/c21-16-6-5-15(18(22)13-16)9-10-23-19(25)12-14-3-7-17(8-4-14)24-11-1-2-20(24)26/h3-8,13H,1-2,9-12H2,(H,23,25). The molecule has 0 aromatic heterocycles. The molecule has 1 aliphatic rings. The quantitative estimate of drug-likeness (QED) is 0.809. The number of halogens is 2. The van der Waals surface area contributed by atoms with E-state index in [0.29, 0.717) is 35.9 Å². The second kappa shape index (κ2) is 8.56. The number of carbonyl (C=O) groups excluding carboxylic acids is 2. The second-order valence-corrected chi connectivity index (χ2v) is 7.17. The van der Waals surface area contributed by atoms with Gasteiger partial charge in [0.1, 0.15) is 0 Å². The van der Waals surface area contributed by atoms with Gasteiger partial charge in [-0.1, -0.05) is 41.4 Å². The summed E-state index contributed by atoms with van der Waals surface area (Å²) in [5.74, 6) is 0.122. The zero-order valence-electron chi connectivity index (χ0n) is 14.3. The minimum absolute atomic E-state index is 0.0416. The van der Waals surface area contributed by atoms with Gasteiger partial charge in [-0.25, -0.2) is 0 Å². The smallest absolute Gasteiger partial charge is 0.227 e. The zero-order valence-corrected chi connectivity index (χ0v) is 15.8. The molecule has 2 aromatic rings. The third kappa shape index (κ3) is 4.77. The van der Waals surface area contributed by atoms with E-state index in [1.165, 1.54) is 0 Å². The minimum atomic E-state index is -0.0416. The summed E-state index contributed by atoms with van der Waals surface area (Å²) < 4.78 is 0. The Bertz CT molecular complexity index is 806. The van der Waals surface area contributed by atoms with Crippen LogP contribution in [-0.4, -0.2) is 24.9 Å². The summed E-state index contributed by atoms with van der Waals surface area (Å²) in [7, 11) is 0. The maximum atomic E-state index is 12.1. The van der Waals surface area contributed by atoms with Crippen LogP contribution in [0, 0.1) is 0 Å². The highest BCUT2D eigenvalue weighted by atomic mass is 35.5. The molecule has 4 nitrogen and oxygen atoms in total. The molecule has 1 saturated heterocycles. The van der Waals surface area contributed by atoms with E-state index in [1.54, 1.807) is 17.0 Å². The lowest BCUT2D eigenvalue weighted by atomic mass is 10.1. The van der Waals surface area contributed by atoms with E-state index in [1.807, 2.05) is 30.3 Å². The van der Waals surface area contributed by atoms with Gasteiger partial charge in [-0.3, -0.25) is 9.59 Å². The van der Waals surface area contributed by atoms with Crippen molar-refractivity contribution in [3.63, 3.8) is 0 Å². The van der Waals surface area contributed by atoms with Gasteiger partial charge >= 0.3 is 0 Å². The van der Waals surface area contributed by atoms with Crippen LogP contribution in [0.25, 0.3) is 0 Å². The molecule has 0 spiro atoms. The molecule has 26 heavy (non-hydrogen) atoms. The van der Waals surface area contributed by atoms with Gasteiger partial charge in [-0.2, -0.15) is 0 Å². The van der Waals surface area contributed by atoms with Crippen molar-refractivity contribution >= 4 is 40.7 Å². The lowest BCUT2D eigenvalue weighted by Crippen LogP contribution is -2.27. The number of benzene rings is 2. The van der Waals surface area contributed by atoms with E-state index >= 15 is 0 Å². The topological polar surface area (TPSA) is 49.4 Å². The molecule has 0 bridgehead atoms. The van der Waals surface area contributed by atoms with Crippen molar-refractivity contribution in [2.45, 2.75) is 25.7 Å². The highest BCUT2D eigenvalue weighted by Gasteiger charge is 2.21. The fourth-order valence-electron chi connectivity index (χ4n) is 3.02. The number of nitrogens with zero attached hydrogens (tertiary/aromatic N) is 1. The Morgan fingerprint density at radius 1 is 1.12 bits per heavy atom. The van der Waals surface area contributed by atoms with E-state index in [4.69, 9.17) is 23.2 Å². The van der Waals surface area contributed by atoms with Crippen LogP contribution in [0.3, 0.4) is 0 Å². The highest BCUT2D eigenvalue weighted by molar-refractivity contribution is 6.35. The predicted molar refractivity (Wildman–Crippen MR) is 105 cm³/mol. The van der Waals surface area contributed by atoms with Crippen LogP contribution in [0.15, 0.2) is 42.5 Å². The number of hydrogen-bond donors (Lipinski definition) is 1. The number of anilines is 1. The summed E-state index contributed by atoms with van der Waals surface area (Å²) in [4.78, 5) is 25.7. The molecule has 6 heteroatoms. The Morgan fingerprint density at radius 3 is 2.54 bits per heavy atom. The molecule has 0 aliphatic carbocycles. The molecule has 0 saturated carbocycles. The van der Waals surface area contributed by atoms with Gasteiger partial charge in [-0.15, -0.1) is 0 Å². The predicted octanol–water partition coefficient (Wildman–Crippen LogP) is 4.02. The fraction of sp³-hybridized carbons (Fsp3) is 0.300. The van der Waals surface area contributed by atoms with E-state index in [0.717, 1.165) is 29.8 Å². The van der Waals surface area contributed by atoms with Gasteiger partial charge in [0.2, 0.25) is 11.8 Å². The van der Waals surface area contributed by atoms with Crippen LogP contribution >= 0.6 is 23.2 Å². The van der Waals surface area contributed by atoms with Gasteiger partial charge < -0.3 is 10.2 Å². The number of carbonyl (C=O) groups is 2. The van der Waals surface area contributed by atoms with Crippen LogP contribution in [0.5, 0.6) is 0 Å². The Balaban J connectivity index is 1.48. The van der Waals surface area contributed by atoms with Crippen molar-refractivity contribution < 1.29 is 9.59 Å². The van der Waals surface area contributed by atoms with E-state index in [-0.39, 0.29) is 11.8 Å². The van der Waals surface area contributed by atoms with Crippen LogP contribution in [0.1, 0.15) is 24.0 Å². The van der Waals surface area contributed by atoms with Crippen LogP contribution < -0.4 is 10.2 Å². The molecule has 1 N–H and O–H groups in total. The normalized spacial score (nSPS) is 13.9. The van der Waals surface area contributed by atoms with Gasteiger partial charge in [0, 0.05) is 35.2 Å². The molecule has 0 atom stereocenters. The Kier molecular flexibility index (Phi) is 6.17. The average molecular weight is 391 g/mol. The number of rotatable bonds is 6. The van der Waals surface area contributed by atoms with E-state index in [2.05, 4.69) is 5.32 Å². The second-order valence-electron chi connectivity index (χ2n) is 6.33. The van der Waals surface area contributed by atoms with Gasteiger partial charge in [0.25, 0.3) is 0 Å². The van der Waals surface area contributed by atoms with Crippen molar-refractivity contribution in [1.82, 2.24) is 5.32 Å².